The zero-order valence-corrected chi connectivity index (χ0v) is 22.3. The number of nitrogens with one attached hydrogen (secondary N) is 3. The number of carbonyl (C=O) groups excluding carboxylic acids is 2. The molecule has 8 nitrogen and oxygen atoms in total. The zero-order chi connectivity index (χ0) is 27.9. The predicted molar refractivity (Wildman–Crippen MR) is 157 cm³/mol. The average Bonchev–Trinajstić information content (AvgIpc) is 3.44. The molecule has 8 heteroatoms. The number of aryl methyl sites for hydroxylation is 1. The highest BCUT2D eigenvalue weighted by atomic mass is 16.2. The summed E-state index contributed by atoms with van der Waals surface area (Å²) in [5.74, 6) is -1.15. The van der Waals surface area contributed by atoms with E-state index in [2.05, 4.69) is 26.0 Å². The van der Waals surface area contributed by atoms with Crippen LogP contribution in [0.5, 0.6) is 0 Å². The van der Waals surface area contributed by atoms with Crippen molar-refractivity contribution in [1.29, 1.82) is 0 Å². The Morgan fingerprint density at radius 1 is 0.800 bits per heavy atom. The molecule has 1 unspecified atom stereocenters. The van der Waals surface area contributed by atoms with Gasteiger partial charge in [0.05, 0.1) is 11.9 Å². The van der Waals surface area contributed by atoms with E-state index in [9.17, 15) is 9.59 Å². The van der Waals surface area contributed by atoms with Crippen LogP contribution in [0.15, 0.2) is 116 Å². The standard InChI is InChI=1S/C32H30N6O2/c1-33-27-21-34-19-17-26(27)22-13-15-25(16-14-22)36-32(40)30(37-31(39)28-18-20-35-38(28)2)29(23-9-5-3-6-10-23)24-11-7-4-8-12-24/h3-21,29-30,33H,1-2H3,(H,36,40)(H,37,39). The Hall–Kier alpha value is -5.24. The van der Waals surface area contributed by atoms with E-state index in [1.807, 2.05) is 98.0 Å². The molecule has 0 aliphatic heterocycles. The molecule has 2 heterocycles. The van der Waals surface area contributed by atoms with Crippen LogP contribution < -0.4 is 16.0 Å². The number of carbonyl (C=O) groups is 2. The summed E-state index contributed by atoms with van der Waals surface area (Å²) < 4.78 is 1.49. The molecule has 0 aliphatic carbocycles. The Kier molecular flexibility index (Phi) is 7.97. The van der Waals surface area contributed by atoms with Crippen molar-refractivity contribution in [1.82, 2.24) is 20.1 Å². The molecule has 0 spiro atoms. The Bertz CT molecular complexity index is 1540. The van der Waals surface area contributed by atoms with Crippen molar-refractivity contribution >= 4 is 23.2 Å². The van der Waals surface area contributed by atoms with Crippen molar-refractivity contribution in [2.24, 2.45) is 7.05 Å². The molecule has 0 aliphatic rings. The zero-order valence-electron chi connectivity index (χ0n) is 22.3. The van der Waals surface area contributed by atoms with Gasteiger partial charge < -0.3 is 16.0 Å². The number of nitrogens with zero attached hydrogens (tertiary/aromatic N) is 3. The molecule has 3 N–H and O–H groups in total. The second kappa shape index (κ2) is 12.1. The van der Waals surface area contributed by atoms with E-state index < -0.39 is 12.0 Å². The van der Waals surface area contributed by atoms with Gasteiger partial charge in [0.1, 0.15) is 11.7 Å². The quantitative estimate of drug-likeness (QED) is 0.246. The van der Waals surface area contributed by atoms with Gasteiger partial charge in [0, 0.05) is 43.7 Å². The second-order valence-electron chi connectivity index (χ2n) is 9.33. The highest BCUT2D eigenvalue weighted by Gasteiger charge is 2.33. The Morgan fingerprint density at radius 2 is 1.45 bits per heavy atom. The minimum Gasteiger partial charge on any atom is -0.386 e. The van der Waals surface area contributed by atoms with Crippen LogP contribution in [0.3, 0.4) is 0 Å². The molecule has 2 amide bonds. The van der Waals surface area contributed by atoms with Crippen molar-refractivity contribution in [2.75, 3.05) is 17.7 Å². The second-order valence-corrected chi connectivity index (χ2v) is 9.33. The SMILES string of the molecule is CNc1cnccc1-c1ccc(NC(=O)C(NC(=O)c2ccnn2C)C(c2ccccc2)c2ccccc2)cc1. The van der Waals surface area contributed by atoms with Crippen molar-refractivity contribution in [3.63, 3.8) is 0 Å². The van der Waals surface area contributed by atoms with E-state index in [0.717, 1.165) is 27.9 Å². The van der Waals surface area contributed by atoms with Gasteiger partial charge in [-0.1, -0.05) is 72.8 Å². The number of hydrogen-bond acceptors (Lipinski definition) is 5. The van der Waals surface area contributed by atoms with E-state index in [1.54, 1.807) is 31.7 Å². The summed E-state index contributed by atoms with van der Waals surface area (Å²) in [6.07, 6.45) is 5.07. The normalized spacial score (nSPS) is 11.6. The number of aromatic nitrogens is 3. The largest absolute Gasteiger partial charge is 0.386 e. The van der Waals surface area contributed by atoms with Gasteiger partial charge in [-0.2, -0.15) is 5.10 Å². The predicted octanol–water partition coefficient (Wildman–Crippen LogP) is 5.09. The Morgan fingerprint density at radius 3 is 2.02 bits per heavy atom. The maximum atomic E-state index is 14.0. The summed E-state index contributed by atoms with van der Waals surface area (Å²) in [4.78, 5) is 31.5. The van der Waals surface area contributed by atoms with Crippen LogP contribution >= 0.6 is 0 Å². The first-order valence-corrected chi connectivity index (χ1v) is 13.0. The lowest BCUT2D eigenvalue weighted by Crippen LogP contribution is -2.48. The summed E-state index contributed by atoms with van der Waals surface area (Å²) in [5, 5.41) is 13.3. The third-order valence-electron chi connectivity index (χ3n) is 6.83. The summed E-state index contributed by atoms with van der Waals surface area (Å²) in [6, 6.07) is 29.7. The van der Waals surface area contributed by atoms with E-state index in [4.69, 9.17) is 0 Å². The van der Waals surface area contributed by atoms with Gasteiger partial charge in [-0.15, -0.1) is 0 Å². The fourth-order valence-corrected chi connectivity index (χ4v) is 4.81. The summed E-state index contributed by atoms with van der Waals surface area (Å²) >= 11 is 0. The molecule has 0 fully saturated rings. The van der Waals surface area contributed by atoms with Crippen LogP contribution in [0.25, 0.3) is 11.1 Å². The minimum atomic E-state index is -0.914. The number of benzene rings is 3. The number of anilines is 2. The van der Waals surface area contributed by atoms with Crippen LogP contribution in [0, 0.1) is 0 Å². The number of rotatable bonds is 9. The van der Waals surface area contributed by atoms with Gasteiger partial charge in [0.2, 0.25) is 5.91 Å². The molecule has 3 aromatic carbocycles. The maximum Gasteiger partial charge on any atom is 0.270 e. The van der Waals surface area contributed by atoms with Crippen LogP contribution in [0.2, 0.25) is 0 Å². The summed E-state index contributed by atoms with van der Waals surface area (Å²) in [7, 11) is 3.55. The van der Waals surface area contributed by atoms with Gasteiger partial charge in [0.15, 0.2) is 0 Å². The molecule has 0 radical (unpaired) electrons. The number of amides is 2. The van der Waals surface area contributed by atoms with Crippen molar-refractivity contribution in [3.8, 4) is 11.1 Å². The highest BCUT2D eigenvalue weighted by molar-refractivity contribution is 6.01. The van der Waals surface area contributed by atoms with Crippen molar-refractivity contribution < 1.29 is 9.59 Å². The molecule has 5 rings (SSSR count). The molecule has 1 atom stereocenters. The van der Waals surface area contributed by atoms with E-state index >= 15 is 0 Å². The molecular formula is C32H30N6O2. The maximum absolute atomic E-state index is 14.0. The Labute approximate surface area is 233 Å². The molecule has 40 heavy (non-hydrogen) atoms. The fourth-order valence-electron chi connectivity index (χ4n) is 4.81. The smallest absolute Gasteiger partial charge is 0.270 e. The molecule has 2 aromatic heterocycles. The number of pyridine rings is 1. The monoisotopic (exact) mass is 530 g/mol. The lowest BCUT2D eigenvalue weighted by molar-refractivity contribution is -0.118. The first-order valence-electron chi connectivity index (χ1n) is 13.0. The first kappa shape index (κ1) is 26.4. The summed E-state index contributed by atoms with van der Waals surface area (Å²) in [5.41, 5.74) is 5.69. The fraction of sp³-hybridized carbons (Fsp3) is 0.125. The van der Waals surface area contributed by atoms with Crippen LogP contribution in [-0.4, -0.2) is 39.7 Å². The molecule has 5 aromatic rings. The van der Waals surface area contributed by atoms with Gasteiger partial charge in [0.25, 0.3) is 5.91 Å². The Balaban J connectivity index is 1.48. The third-order valence-corrected chi connectivity index (χ3v) is 6.83. The van der Waals surface area contributed by atoms with Crippen LogP contribution in [-0.2, 0) is 11.8 Å². The average molecular weight is 531 g/mol. The van der Waals surface area contributed by atoms with Crippen molar-refractivity contribution in [2.45, 2.75) is 12.0 Å². The number of hydrogen-bond donors (Lipinski definition) is 3. The van der Waals surface area contributed by atoms with Crippen molar-refractivity contribution in [3.05, 3.63) is 132 Å². The molecule has 200 valence electrons. The lowest BCUT2D eigenvalue weighted by Gasteiger charge is -2.28. The topological polar surface area (TPSA) is 101 Å². The molecule has 0 bridgehead atoms. The molecular weight excluding hydrogens is 500 g/mol. The van der Waals surface area contributed by atoms with E-state index in [0.29, 0.717) is 11.4 Å². The lowest BCUT2D eigenvalue weighted by atomic mass is 9.84. The molecule has 0 saturated heterocycles. The highest BCUT2D eigenvalue weighted by Crippen LogP contribution is 2.31. The molecule has 0 saturated carbocycles. The van der Waals surface area contributed by atoms with Gasteiger partial charge in [-0.25, -0.2) is 0 Å². The minimum absolute atomic E-state index is 0.333. The van der Waals surface area contributed by atoms with Crippen LogP contribution in [0.1, 0.15) is 27.5 Å². The van der Waals surface area contributed by atoms with E-state index in [1.165, 1.54) is 4.68 Å². The summed E-state index contributed by atoms with van der Waals surface area (Å²) in [6.45, 7) is 0. The third kappa shape index (κ3) is 5.76. The van der Waals surface area contributed by atoms with Gasteiger partial charge in [-0.05, 0) is 41.0 Å². The van der Waals surface area contributed by atoms with E-state index in [-0.39, 0.29) is 11.8 Å². The van der Waals surface area contributed by atoms with Crippen LogP contribution in [0.4, 0.5) is 11.4 Å². The van der Waals surface area contributed by atoms with Gasteiger partial charge in [-0.3, -0.25) is 19.3 Å². The van der Waals surface area contributed by atoms with Gasteiger partial charge >= 0.3 is 0 Å². The first-order chi connectivity index (χ1) is 19.5.